The van der Waals surface area contributed by atoms with Crippen LogP contribution in [0.5, 0.6) is 0 Å². The number of aromatic nitrogens is 1. The summed E-state index contributed by atoms with van der Waals surface area (Å²) in [5.41, 5.74) is 1.14. The van der Waals surface area contributed by atoms with Crippen molar-refractivity contribution >= 4 is 31.6 Å². The lowest BCUT2D eigenvalue weighted by Crippen LogP contribution is -2.13. The van der Waals surface area contributed by atoms with E-state index in [0.29, 0.717) is 11.3 Å². The molecule has 5 nitrogen and oxygen atoms in total. The van der Waals surface area contributed by atoms with Crippen LogP contribution in [0.15, 0.2) is 33.8 Å². The molecule has 0 aliphatic carbocycles. The number of aliphatic hydroxyl groups is 1. The molecule has 0 bridgehead atoms. The minimum absolute atomic E-state index is 0.00129. The van der Waals surface area contributed by atoms with Gasteiger partial charge in [-0.05, 0) is 46.6 Å². The summed E-state index contributed by atoms with van der Waals surface area (Å²) in [6.07, 6.45) is 1.28. The van der Waals surface area contributed by atoms with Crippen LogP contribution >= 0.6 is 15.9 Å². The van der Waals surface area contributed by atoms with E-state index in [4.69, 9.17) is 5.11 Å². The smallest absolute Gasteiger partial charge is 0.263 e. The van der Waals surface area contributed by atoms with Gasteiger partial charge >= 0.3 is 0 Å². The molecule has 20 heavy (non-hydrogen) atoms. The van der Waals surface area contributed by atoms with E-state index in [-0.39, 0.29) is 21.7 Å². The van der Waals surface area contributed by atoms with Crippen LogP contribution in [0.1, 0.15) is 11.3 Å². The first-order valence-electron chi connectivity index (χ1n) is 5.60. The average Bonchev–Trinajstić information content (AvgIpc) is 2.85. The maximum absolute atomic E-state index is 13.3. The second-order valence-corrected chi connectivity index (χ2v) is 6.74. The van der Waals surface area contributed by atoms with Crippen LogP contribution < -0.4 is 4.72 Å². The normalized spacial score (nSPS) is 11.6. The molecule has 0 unspecified atom stereocenters. The number of sulfonamides is 1. The summed E-state index contributed by atoms with van der Waals surface area (Å²) < 4.78 is 40.2. The standard InChI is InChI=1S/C12H12BrFN2O3S/c1-7-2-11(14)10(13)4-12(7)16-20(18,19)9-3-8(6-17)15-5-9/h2-5,15-17H,6H2,1H3. The Kier molecular flexibility index (Phi) is 4.17. The molecule has 0 fully saturated rings. The highest BCUT2D eigenvalue weighted by Gasteiger charge is 2.18. The topological polar surface area (TPSA) is 82.2 Å². The fourth-order valence-electron chi connectivity index (χ4n) is 1.63. The molecule has 8 heteroatoms. The van der Waals surface area contributed by atoms with E-state index in [2.05, 4.69) is 25.6 Å². The Morgan fingerprint density at radius 3 is 2.70 bits per heavy atom. The molecule has 0 radical (unpaired) electrons. The van der Waals surface area contributed by atoms with Gasteiger partial charge < -0.3 is 10.1 Å². The number of halogens is 2. The summed E-state index contributed by atoms with van der Waals surface area (Å²) in [6.45, 7) is 1.32. The zero-order valence-corrected chi connectivity index (χ0v) is 12.8. The Hall–Kier alpha value is -1.38. The van der Waals surface area contributed by atoms with Crippen LogP contribution in [0, 0.1) is 12.7 Å². The number of hydrogen-bond acceptors (Lipinski definition) is 3. The molecule has 1 aromatic carbocycles. The third kappa shape index (κ3) is 3.02. The van der Waals surface area contributed by atoms with Gasteiger partial charge in [-0.25, -0.2) is 12.8 Å². The van der Waals surface area contributed by atoms with E-state index in [1.54, 1.807) is 6.92 Å². The largest absolute Gasteiger partial charge is 0.390 e. The van der Waals surface area contributed by atoms with E-state index < -0.39 is 15.8 Å². The van der Waals surface area contributed by atoms with Gasteiger partial charge in [0, 0.05) is 11.9 Å². The van der Waals surface area contributed by atoms with Gasteiger partial charge in [0.1, 0.15) is 10.7 Å². The summed E-state index contributed by atoms with van der Waals surface area (Å²) >= 11 is 3.01. The number of hydrogen-bond donors (Lipinski definition) is 3. The number of aliphatic hydroxyl groups excluding tert-OH is 1. The average molecular weight is 363 g/mol. The SMILES string of the molecule is Cc1cc(F)c(Br)cc1NS(=O)(=O)c1c[nH]c(CO)c1. The van der Waals surface area contributed by atoms with Crippen molar-refractivity contribution < 1.29 is 17.9 Å². The number of anilines is 1. The van der Waals surface area contributed by atoms with Gasteiger partial charge in [0.15, 0.2) is 0 Å². The van der Waals surface area contributed by atoms with Crippen LogP contribution in [0.4, 0.5) is 10.1 Å². The fourth-order valence-corrected chi connectivity index (χ4v) is 3.11. The third-order valence-corrected chi connectivity index (χ3v) is 4.66. The Morgan fingerprint density at radius 1 is 1.40 bits per heavy atom. The van der Waals surface area contributed by atoms with Gasteiger partial charge in [-0.15, -0.1) is 0 Å². The van der Waals surface area contributed by atoms with E-state index in [9.17, 15) is 12.8 Å². The van der Waals surface area contributed by atoms with Crippen molar-refractivity contribution in [1.82, 2.24) is 4.98 Å². The van der Waals surface area contributed by atoms with Crippen LogP contribution in [-0.4, -0.2) is 18.5 Å². The van der Waals surface area contributed by atoms with Crippen molar-refractivity contribution in [2.75, 3.05) is 4.72 Å². The van der Waals surface area contributed by atoms with Crippen molar-refractivity contribution in [3.63, 3.8) is 0 Å². The molecule has 3 N–H and O–H groups in total. The lowest BCUT2D eigenvalue weighted by Gasteiger charge is -2.10. The molecule has 0 spiro atoms. The zero-order valence-electron chi connectivity index (χ0n) is 10.4. The second-order valence-electron chi connectivity index (χ2n) is 4.21. The zero-order chi connectivity index (χ0) is 14.9. The molecule has 0 saturated carbocycles. The summed E-state index contributed by atoms with van der Waals surface area (Å²) in [5.74, 6) is -0.463. The molecule has 0 aliphatic rings. The molecule has 0 atom stereocenters. The molecule has 0 saturated heterocycles. The molecular weight excluding hydrogens is 351 g/mol. The predicted octanol–water partition coefficient (Wildman–Crippen LogP) is 2.52. The molecule has 1 heterocycles. The Labute approximate surface area is 124 Å². The lowest BCUT2D eigenvalue weighted by atomic mass is 10.2. The number of H-pyrrole nitrogens is 1. The number of nitrogens with one attached hydrogen (secondary N) is 2. The highest BCUT2D eigenvalue weighted by atomic mass is 79.9. The molecular formula is C12H12BrFN2O3S. The van der Waals surface area contributed by atoms with Crippen molar-refractivity contribution in [3.8, 4) is 0 Å². The highest BCUT2D eigenvalue weighted by Crippen LogP contribution is 2.26. The number of aromatic amines is 1. The molecule has 2 rings (SSSR count). The third-order valence-electron chi connectivity index (χ3n) is 2.71. The van der Waals surface area contributed by atoms with E-state index in [1.807, 2.05) is 0 Å². The van der Waals surface area contributed by atoms with Crippen molar-refractivity contribution in [3.05, 3.63) is 45.9 Å². The van der Waals surface area contributed by atoms with Crippen LogP contribution in [-0.2, 0) is 16.6 Å². The van der Waals surface area contributed by atoms with Gasteiger partial charge in [0.25, 0.3) is 10.0 Å². The summed E-state index contributed by atoms with van der Waals surface area (Å²) in [5, 5.41) is 8.92. The van der Waals surface area contributed by atoms with Crippen LogP contribution in [0.3, 0.4) is 0 Å². The molecule has 0 amide bonds. The first kappa shape index (κ1) is 15.0. The van der Waals surface area contributed by atoms with Gasteiger partial charge in [-0.1, -0.05) is 0 Å². The Balaban J connectivity index is 2.35. The highest BCUT2D eigenvalue weighted by molar-refractivity contribution is 9.10. The van der Waals surface area contributed by atoms with Crippen LogP contribution in [0.25, 0.3) is 0 Å². The Morgan fingerprint density at radius 2 is 2.10 bits per heavy atom. The summed E-state index contributed by atoms with van der Waals surface area (Å²) in [7, 11) is -3.79. The predicted molar refractivity (Wildman–Crippen MR) is 76.4 cm³/mol. The number of aryl methyl sites for hydroxylation is 1. The minimum atomic E-state index is -3.79. The second kappa shape index (κ2) is 5.55. The minimum Gasteiger partial charge on any atom is -0.390 e. The first-order valence-corrected chi connectivity index (χ1v) is 7.87. The van der Waals surface area contributed by atoms with Gasteiger partial charge in [0.05, 0.1) is 16.8 Å². The van der Waals surface area contributed by atoms with Gasteiger partial charge in [0.2, 0.25) is 0 Å². The molecule has 1 aromatic heterocycles. The monoisotopic (exact) mass is 362 g/mol. The first-order chi connectivity index (χ1) is 9.33. The van der Waals surface area contributed by atoms with Gasteiger partial charge in [-0.3, -0.25) is 4.72 Å². The van der Waals surface area contributed by atoms with Gasteiger partial charge in [-0.2, -0.15) is 0 Å². The molecule has 2 aromatic rings. The fraction of sp³-hybridized carbons (Fsp3) is 0.167. The Bertz CT molecular complexity index is 743. The van der Waals surface area contributed by atoms with Crippen LogP contribution in [0.2, 0.25) is 0 Å². The van der Waals surface area contributed by atoms with E-state index in [0.717, 1.165) is 0 Å². The summed E-state index contributed by atoms with van der Waals surface area (Å²) in [4.78, 5) is 2.65. The van der Waals surface area contributed by atoms with Crippen molar-refractivity contribution in [1.29, 1.82) is 0 Å². The van der Waals surface area contributed by atoms with Crippen molar-refractivity contribution in [2.24, 2.45) is 0 Å². The van der Waals surface area contributed by atoms with E-state index >= 15 is 0 Å². The van der Waals surface area contributed by atoms with Crippen molar-refractivity contribution in [2.45, 2.75) is 18.4 Å². The maximum Gasteiger partial charge on any atom is 0.263 e. The maximum atomic E-state index is 13.3. The number of rotatable bonds is 4. The lowest BCUT2D eigenvalue weighted by molar-refractivity contribution is 0.277. The molecule has 0 aliphatic heterocycles. The molecule has 108 valence electrons. The quantitative estimate of drug-likeness (QED) is 0.781. The van der Waals surface area contributed by atoms with E-state index in [1.165, 1.54) is 24.4 Å². The summed E-state index contributed by atoms with van der Waals surface area (Å²) in [6, 6.07) is 3.93. The number of benzene rings is 1.